The number of benzene rings is 2. The first-order valence-corrected chi connectivity index (χ1v) is 14.9. The number of nitrogens with zero attached hydrogens (tertiary/aromatic N) is 8. The molecule has 1 unspecified atom stereocenters. The van der Waals surface area contributed by atoms with Gasteiger partial charge in [0.1, 0.15) is 0 Å². The van der Waals surface area contributed by atoms with Gasteiger partial charge < -0.3 is 30.2 Å². The van der Waals surface area contributed by atoms with Gasteiger partial charge in [-0.25, -0.2) is 4.98 Å². The summed E-state index contributed by atoms with van der Waals surface area (Å²) in [5, 5.41) is 6.70. The molecular weight excluding hydrogens is 528 g/mol. The van der Waals surface area contributed by atoms with Crippen LogP contribution in [-0.2, 0) is 0 Å². The quantitative estimate of drug-likeness (QED) is 0.331. The van der Waals surface area contributed by atoms with E-state index in [1.54, 1.807) is 6.20 Å². The van der Waals surface area contributed by atoms with Gasteiger partial charge in [-0.15, -0.1) is 0 Å². The monoisotopic (exact) mass is 568 g/mol. The summed E-state index contributed by atoms with van der Waals surface area (Å²) < 4.78 is 1.86. The molecule has 0 spiro atoms. The van der Waals surface area contributed by atoms with Crippen LogP contribution in [0, 0.1) is 0 Å². The van der Waals surface area contributed by atoms with Gasteiger partial charge in [0.2, 0.25) is 17.7 Å². The van der Waals surface area contributed by atoms with E-state index in [1.165, 1.54) is 5.69 Å². The first kappa shape index (κ1) is 27.8. The van der Waals surface area contributed by atoms with Crippen molar-refractivity contribution in [2.24, 2.45) is 0 Å². The Hall–Kier alpha value is -4.38. The molecule has 2 aromatic heterocycles. The number of hydrogen-bond donors (Lipinski definition) is 2. The van der Waals surface area contributed by atoms with Gasteiger partial charge in [-0.05, 0) is 75.3 Å². The van der Waals surface area contributed by atoms with Crippen molar-refractivity contribution in [3.63, 3.8) is 0 Å². The molecule has 2 aliphatic heterocycles. The van der Waals surface area contributed by atoms with Crippen molar-refractivity contribution in [3.05, 3.63) is 66.5 Å². The minimum Gasteiger partial charge on any atom is -0.375 e. The molecule has 6 rings (SSSR count). The number of nitrogens with one attached hydrogen (secondary N) is 2. The second kappa shape index (κ2) is 12.2. The van der Waals surface area contributed by atoms with Crippen LogP contribution >= 0.6 is 0 Å². The van der Waals surface area contributed by atoms with E-state index in [1.807, 2.05) is 41.9 Å². The van der Waals surface area contributed by atoms with E-state index in [9.17, 15) is 4.79 Å². The Morgan fingerprint density at radius 2 is 1.74 bits per heavy atom. The smallest absolute Gasteiger partial charge is 0.251 e. The molecule has 2 fully saturated rings. The Balaban J connectivity index is 1.14. The minimum absolute atomic E-state index is 0.00217. The van der Waals surface area contributed by atoms with E-state index in [0.717, 1.165) is 63.5 Å². The van der Waals surface area contributed by atoms with E-state index in [-0.39, 0.29) is 11.9 Å². The predicted molar refractivity (Wildman–Crippen MR) is 168 cm³/mol. The van der Waals surface area contributed by atoms with Crippen molar-refractivity contribution in [1.29, 1.82) is 0 Å². The summed E-state index contributed by atoms with van der Waals surface area (Å²) in [6, 6.07) is 16.3. The van der Waals surface area contributed by atoms with Crippen LogP contribution < -0.4 is 25.3 Å². The number of likely N-dealkylation sites (N-methyl/N-ethyl adjacent to an activating group) is 1. The summed E-state index contributed by atoms with van der Waals surface area (Å²) in [5.41, 5.74) is 3.95. The molecule has 11 heteroatoms. The Morgan fingerprint density at radius 3 is 2.48 bits per heavy atom. The van der Waals surface area contributed by atoms with Gasteiger partial charge in [0.05, 0.1) is 0 Å². The Morgan fingerprint density at radius 1 is 0.976 bits per heavy atom. The third-order valence-corrected chi connectivity index (χ3v) is 8.33. The number of piperazine rings is 1. The largest absolute Gasteiger partial charge is 0.375 e. The summed E-state index contributed by atoms with van der Waals surface area (Å²) in [6.45, 7) is 8.70. The SMILES string of the molecule is CCN(C)c1ccc(C(=O)NC2CCCN(c3nc(Nc4ccc(N5CCN(C)CC5)cc4)n4ccnc4n3)C2)cc1. The van der Waals surface area contributed by atoms with Gasteiger partial charge >= 0.3 is 0 Å². The lowest BCUT2D eigenvalue weighted by Crippen LogP contribution is -2.48. The molecule has 1 atom stereocenters. The van der Waals surface area contributed by atoms with Crippen LogP contribution in [0.5, 0.6) is 0 Å². The van der Waals surface area contributed by atoms with Crippen molar-refractivity contribution in [2.45, 2.75) is 25.8 Å². The highest BCUT2D eigenvalue weighted by Crippen LogP contribution is 2.24. The van der Waals surface area contributed by atoms with Crippen LogP contribution in [0.2, 0.25) is 0 Å². The fourth-order valence-corrected chi connectivity index (χ4v) is 5.58. The van der Waals surface area contributed by atoms with E-state index in [0.29, 0.717) is 29.8 Å². The van der Waals surface area contributed by atoms with Gasteiger partial charge in [0.25, 0.3) is 5.91 Å². The highest BCUT2D eigenvalue weighted by molar-refractivity contribution is 5.94. The standard InChI is InChI=1S/C31H40N10O/c1-4-38(3)26-11-7-23(8-12-26)28(42)33-25-6-5-16-40(22-25)30-35-29-32-15-17-41(29)31(36-30)34-24-9-13-27(14-10-24)39-20-18-37(2)19-21-39/h7-15,17,25H,4-6,16,18-22H2,1-3H3,(H,33,42)(H,32,34,35,36). The van der Waals surface area contributed by atoms with Crippen LogP contribution in [0.4, 0.5) is 29.0 Å². The van der Waals surface area contributed by atoms with E-state index >= 15 is 0 Å². The number of imidazole rings is 1. The van der Waals surface area contributed by atoms with Crippen LogP contribution in [0.3, 0.4) is 0 Å². The molecule has 4 heterocycles. The van der Waals surface area contributed by atoms with E-state index in [2.05, 4.69) is 73.5 Å². The molecule has 0 bridgehead atoms. The van der Waals surface area contributed by atoms with Crippen molar-refractivity contribution < 1.29 is 4.79 Å². The highest BCUT2D eigenvalue weighted by atomic mass is 16.1. The van der Waals surface area contributed by atoms with Gasteiger partial charge in [-0.3, -0.25) is 9.20 Å². The van der Waals surface area contributed by atoms with Crippen LogP contribution in [0.15, 0.2) is 60.9 Å². The summed E-state index contributed by atoms with van der Waals surface area (Å²) in [7, 11) is 4.21. The van der Waals surface area contributed by atoms with E-state index < -0.39 is 0 Å². The molecule has 2 aliphatic rings. The fraction of sp³-hybridized carbons (Fsp3) is 0.419. The third kappa shape index (κ3) is 6.11. The highest BCUT2D eigenvalue weighted by Gasteiger charge is 2.25. The zero-order valence-electron chi connectivity index (χ0n) is 24.7. The second-order valence-electron chi connectivity index (χ2n) is 11.2. The molecule has 2 aromatic carbocycles. The predicted octanol–water partition coefficient (Wildman–Crippen LogP) is 3.47. The summed E-state index contributed by atoms with van der Waals surface area (Å²) in [6.07, 6.45) is 5.45. The van der Waals surface area contributed by atoms with Gasteiger partial charge in [-0.1, -0.05) is 0 Å². The van der Waals surface area contributed by atoms with Gasteiger partial charge in [0, 0.05) is 93.9 Å². The number of fused-ring (bicyclic) bond motifs is 1. The summed E-state index contributed by atoms with van der Waals surface area (Å²) in [5.74, 6) is 1.79. The van der Waals surface area contributed by atoms with Crippen LogP contribution in [0.25, 0.3) is 5.78 Å². The Labute approximate surface area is 247 Å². The maximum absolute atomic E-state index is 13.0. The summed E-state index contributed by atoms with van der Waals surface area (Å²) >= 11 is 0. The molecular formula is C31H40N10O. The Kier molecular flexibility index (Phi) is 8.09. The first-order chi connectivity index (χ1) is 20.5. The zero-order valence-corrected chi connectivity index (χ0v) is 24.7. The van der Waals surface area contributed by atoms with Gasteiger partial charge in [-0.2, -0.15) is 9.97 Å². The maximum Gasteiger partial charge on any atom is 0.251 e. The molecule has 1 amide bonds. The van der Waals surface area contributed by atoms with Crippen LogP contribution in [0.1, 0.15) is 30.1 Å². The maximum atomic E-state index is 13.0. The number of anilines is 5. The lowest BCUT2D eigenvalue weighted by atomic mass is 10.1. The molecule has 220 valence electrons. The molecule has 0 aliphatic carbocycles. The lowest BCUT2D eigenvalue weighted by molar-refractivity contribution is 0.0933. The number of carbonyl (C=O) groups is 1. The Bertz CT molecular complexity index is 1490. The van der Waals surface area contributed by atoms with E-state index in [4.69, 9.17) is 9.97 Å². The van der Waals surface area contributed by atoms with Crippen molar-refractivity contribution in [2.75, 3.05) is 79.9 Å². The number of rotatable bonds is 8. The number of hydrogen-bond acceptors (Lipinski definition) is 9. The van der Waals surface area contributed by atoms with Crippen molar-refractivity contribution >= 4 is 40.6 Å². The molecule has 4 aromatic rings. The molecule has 0 radical (unpaired) electrons. The molecule has 2 saturated heterocycles. The third-order valence-electron chi connectivity index (χ3n) is 8.33. The number of amides is 1. The zero-order chi connectivity index (χ0) is 29.1. The lowest BCUT2D eigenvalue weighted by Gasteiger charge is -2.34. The van der Waals surface area contributed by atoms with Gasteiger partial charge in [0.15, 0.2) is 0 Å². The molecule has 42 heavy (non-hydrogen) atoms. The minimum atomic E-state index is -0.0560. The topological polar surface area (TPSA) is 97.2 Å². The second-order valence-corrected chi connectivity index (χ2v) is 11.2. The average molecular weight is 569 g/mol. The van der Waals surface area contributed by atoms with Crippen molar-refractivity contribution in [3.8, 4) is 0 Å². The average Bonchev–Trinajstić information content (AvgIpc) is 3.51. The molecule has 0 saturated carbocycles. The fourth-order valence-electron chi connectivity index (χ4n) is 5.58. The number of carbonyl (C=O) groups excluding carboxylic acids is 1. The summed E-state index contributed by atoms with van der Waals surface area (Å²) in [4.78, 5) is 36.2. The normalized spacial score (nSPS) is 17.8. The molecule has 2 N–H and O–H groups in total. The van der Waals surface area contributed by atoms with Crippen molar-refractivity contribution in [1.82, 2.24) is 29.6 Å². The first-order valence-electron chi connectivity index (χ1n) is 14.9. The van der Waals surface area contributed by atoms with Crippen LogP contribution in [-0.4, -0.2) is 96.1 Å². The molecule has 11 nitrogen and oxygen atoms in total. The number of piperidine rings is 1. The number of aromatic nitrogens is 4.